The standard InChI is InChI=1S/C14H19NO3S/c1-14(2,3)19(17,18)15-11-13-8-5-4-7-12(13)9-6-10-16/h4-5,7-8,15-16H,10-11H2,1-3H3. The Balaban J connectivity index is 2.91. The van der Waals surface area contributed by atoms with E-state index in [9.17, 15) is 8.42 Å². The molecule has 0 aliphatic rings. The summed E-state index contributed by atoms with van der Waals surface area (Å²) in [5, 5.41) is 8.70. The van der Waals surface area contributed by atoms with Crippen molar-refractivity contribution < 1.29 is 13.5 Å². The fraction of sp³-hybridized carbons (Fsp3) is 0.429. The number of hydrogen-bond donors (Lipinski definition) is 2. The van der Waals surface area contributed by atoms with Crippen molar-refractivity contribution in [1.29, 1.82) is 0 Å². The molecule has 1 rings (SSSR count). The molecule has 0 atom stereocenters. The van der Waals surface area contributed by atoms with Gasteiger partial charge in [0, 0.05) is 12.1 Å². The van der Waals surface area contributed by atoms with Crippen LogP contribution in [0, 0.1) is 11.8 Å². The van der Waals surface area contributed by atoms with Gasteiger partial charge in [-0.2, -0.15) is 0 Å². The van der Waals surface area contributed by atoms with E-state index in [4.69, 9.17) is 5.11 Å². The number of aliphatic hydroxyl groups is 1. The molecule has 4 nitrogen and oxygen atoms in total. The zero-order chi connectivity index (χ0) is 14.5. The fourth-order valence-corrected chi connectivity index (χ4v) is 2.10. The van der Waals surface area contributed by atoms with E-state index in [0.717, 1.165) is 5.56 Å². The third-order valence-electron chi connectivity index (χ3n) is 2.58. The summed E-state index contributed by atoms with van der Waals surface area (Å²) in [6.45, 7) is 4.91. The van der Waals surface area contributed by atoms with Crippen LogP contribution in [-0.4, -0.2) is 24.9 Å². The second-order valence-corrected chi connectivity index (χ2v) is 7.57. The van der Waals surface area contributed by atoms with Gasteiger partial charge in [0.15, 0.2) is 0 Å². The molecule has 5 heteroatoms. The van der Waals surface area contributed by atoms with E-state index in [1.807, 2.05) is 18.2 Å². The highest BCUT2D eigenvalue weighted by molar-refractivity contribution is 7.90. The topological polar surface area (TPSA) is 66.4 Å². The van der Waals surface area contributed by atoms with Gasteiger partial charge >= 0.3 is 0 Å². The van der Waals surface area contributed by atoms with E-state index in [1.165, 1.54) is 0 Å². The maximum Gasteiger partial charge on any atom is 0.216 e. The first kappa shape index (κ1) is 15.7. The van der Waals surface area contributed by atoms with Crippen LogP contribution in [0.15, 0.2) is 24.3 Å². The molecule has 0 saturated carbocycles. The van der Waals surface area contributed by atoms with Crippen molar-refractivity contribution in [3.63, 3.8) is 0 Å². The summed E-state index contributed by atoms with van der Waals surface area (Å²) in [6, 6.07) is 7.25. The predicted molar refractivity (Wildman–Crippen MR) is 75.9 cm³/mol. The van der Waals surface area contributed by atoms with Crippen LogP contribution in [0.3, 0.4) is 0 Å². The van der Waals surface area contributed by atoms with Gasteiger partial charge in [-0.25, -0.2) is 13.1 Å². The lowest BCUT2D eigenvalue weighted by molar-refractivity contribution is 0.350. The van der Waals surface area contributed by atoms with Crippen LogP contribution < -0.4 is 4.72 Å². The van der Waals surface area contributed by atoms with Gasteiger partial charge in [-0.15, -0.1) is 0 Å². The van der Waals surface area contributed by atoms with Gasteiger partial charge in [0.05, 0.1) is 4.75 Å². The molecule has 0 aliphatic heterocycles. The van der Waals surface area contributed by atoms with Crippen LogP contribution in [0.1, 0.15) is 31.9 Å². The number of nitrogens with one attached hydrogen (secondary N) is 1. The summed E-state index contributed by atoms with van der Waals surface area (Å²) in [6.07, 6.45) is 0. The Morgan fingerprint density at radius 2 is 1.89 bits per heavy atom. The Labute approximate surface area is 114 Å². The van der Waals surface area contributed by atoms with Gasteiger partial charge in [0.2, 0.25) is 10.0 Å². The lowest BCUT2D eigenvalue weighted by Gasteiger charge is -2.20. The molecule has 0 spiro atoms. The minimum Gasteiger partial charge on any atom is -0.384 e. The third-order valence-corrected chi connectivity index (χ3v) is 4.72. The van der Waals surface area contributed by atoms with Gasteiger partial charge in [-0.05, 0) is 32.4 Å². The first-order chi connectivity index (χ1) is 8.78. The molecule has 0 heterocycles. The molecule has 0 unspecified atom stereocenters. The number of sulfonamides is 1. The minimum absolute atomic E-state index is 0.190. The van der Waals surface area contributed by atoms with Gasteiger partial charge in [-0.1, -0.05) is 30.0 Å². The van der Waals surface area contributed by atoms with Crippen molar-refractivity contribution in [3.05, 3.63) is 35.4 Å². The molecule has 1 aromatic carbocycles. The molecular weight excluding hydrogens is 262 g/mol. The summed E-state index contributed by atoms with van der Waals surface area (Å²) in [5.74, 6) is 5.36. The van der Waals surface area contributed by atoms with Gasteiger partial charge in [-0.3, -0.25) is 0 Å². The zero-order valence-electron chi connectivity index (χ0n) is 11.4. The van der Waals surface area contributed by atoms with Crippen molar-refractivity contribution in [1.82, 2.24) is 4.72 Å². The van der Waals surface area contributed by atoms with E-state index in [-0.39, 0.29) is 13.2 Å². The summed E-state index contributed by atoms with van der Waals surface area (Å²) < 4.78 is 25.7. The number of hydrogen-bond acceptors (Lipinski definition) is 3. The lowest BCUT2D eigenvalue weighted by Crippen LogP contribution is -2.39. The van der Waals surface area contributed by atoms with E-state index < -0.39 is 14.8 Å². The number of benzene rings is 1. The minimum atomic E-state index is -3.38. The maximum atomic E-state index is 12.0. The summed E-state index contributed by atoms with van der Waals surface area (Å²) in [7, 11) is -3.38. The molecular formula is C14H19NO3S. The first-order valence-electron chi connectivity index (χ1n) is 5.95. The SMILES string of the molecule is CC(C)(C)S(=O)(=O)NCc1ccccc1C#CCO. The highest BCUT2D eigenvalue weighted by atomic mass is 32.2. The van der Waals surface area contributed by atoms with Gasteiger partial charge in [0.1, 0.15) is 6.61 Å². The molecule has 19 heavy (non-hydrogen) atoms. The molecule has 1 aromatic rings. The van der Waals surface area contributed by atoms with Crippen molar-refractivity contribution in [3.8, 4) is 11.8 Å². The zero-order valence-corrected chi connectivity index (χ0v) is 12.2. The highest BCUT2D eigenvalue weighted by Gasteiger charge is 2.28. The van der Waals surface area contributed by atoms with E-state index in [2.05, 4.69) is 16.6 Å². The number of rotatable bonds is 3. The van der Waals surface area contributed by atoms with Gasteiger partial charge < -0.3 is 5.11 Å². The molecule has 0 amide bonds. The average Bonchev–Trinajstić information content (AvgIpc) is 2.33. The third kappa shape index (κ3) is 4.35. The van der Waals surface area contributed by atoms with E-state index >= 15 is 0 Å². The molecule has 0 aliphatic carbocycles. The normalized spacial score (nSPS) is 11.8. The molecule has 2 N–H and O–H groups in total. The van der Waals surface area contributed by atoms with Crippen molar-refractivity contribution in [2.45, 2.75) is 32.1 Å². The Hall–Kier alpha value is -1.35. The molecule has 0 saturated heterocycles. The number of aliphatic hydroxyl groups excluding tert-OH is 1. The van der Waals surface area contributed by atoms with Crippen molar-refractivity contribution in [2.24, 2.45) is 0 Å². The van der Waals surface area contributed by atoms with E-state index in [1.54, 1.807) is 26.8 Å². The monoisotopic (exact) mass is 281 g/mol. The second kappa shape index (κ2) is 6.20. The Bertz CT molecular complexity index is 589. The quantitative estimate of drug-likeness (QED) is 0.819. The predicted octanol–water partition coefficient (Wildman–Crippen LogP) is 1.25. The smallest absolute Gasteiger partial charge is 0.216 e. The lowest BCUT2D eigenvalue weighted by atomic mass is 10.1. The summed E-state index contributed by atoms with van der Waals surface area (Å²) in [5.41, 5.74) is 1.50. The molecule has 0 aromatic heterocycles. The largest absolute Gasteiger partial charge is 0.384 e. The Morgan fingerprint density at radius 3 is 2.47 bits per heavy atom. The Kier molecular flexibility index (Phi) is 5.12. The summed E-state index contributed by atoms with van der Waals surface area (Å²) in [4.78, 5) is 0. The van der Waals surface area contributed by atoms with Crippen LogP contribution in [0.5, 0.6) is 0 Å². The van der Waals surface area contributed by atoms with Crippen LogP contribution >= 0.6 is 0 Å². The fourth-order valence-electron chi connectivity index (χ4n) is 1.32. The van der Waals surface area contributed by atoms with Crippen molar-refractivity contribution in [2.75, 3.05) is 6.61 Å². The maximum absolute atomic E-state index is 12.0. The van der Waals surface area contributed by atoms with Gasteiger partial charge in [0.25, 0.3) is 0 Å². The average molecular weight is 281 g/mol. The molecule has 104 valence electrons. The van der Waals surface area contributed by atoms with Crippen LogP contribution in [0.25, 0.3) is 0 Å². The second-order valence-electron chi connectivity index (χ2n) is 5.05. The Morgan fingerprint density at radius 1 is 1.26 bits per heavy atom. The van der Waals surface area contributed by atoms with Crippen LogP contribution in [0.4, 0.5) is 0 Å². The summed E-state index contributed by atoms with van der Waals surface area (Å²) >= 11 is 0. The van der Waals surface area contributed by atoms with Crippen LogP contribution in [0.2, 0.25) is 0 Å². The van der Waals surface area contributed by atoms with Crippen molar-refractivity contribution >= 4 is 10.0 Å². The first-order valence-corrected chi connectivity index (χ1v) is 7.43. The highest BCUT2D eigenvalue weighted by Crippen LogP contribution is 2.15. The van der Waals surface area contributed by atoms with Crippen LogP contribution in [-0.2, 0) is 16.6 Å². The molecule has 0 fully saturated rings. The van der Waals surface area contributed by atoms with E-state index in [0.29, 0.717) is 5.56 Å². The molecule has 0 radical (unpaired) electrons. The molecule has 0 bridgehead atoms.